The van der Waals surface area contributed by atoms with Crippen molar-refractivity contribution in [2.75, 3.05) is 12.4 Å². The van der Waals surface area contributed by atoms with Crippen LogP contribution in [-0.4, -0.2) is 19.0 Å². The predicted molar refractivity (Wildman–Crippen MR) is 94.4 cm³/mol. The number of amides is 1. The zero-order chi connectivity index (χ0) is 17.1. The molecule has 3 aromatic carbocycles. The lowest BCUT2D eigenvalue weighted by Gasteiger charge is -2.10. The third-order valence-electron chi connectivity index (χ3n) is 4.01. The second kappa shape index (κ2) is 6.54. The van der Waals surface area contributed by atoms with Gasteiger partial charge in [-0.2, -0.15) is 0 Å². The van der Waals surface area contributed by atoms with Crippen LogP contribution in [0.5, 0.6) is 0 Å². The van der Waals surface area contributed by atoms with Crippen molar-refractivity contribution in [3.63, 3.8) is 0 Å². The highest BCUT2D eigenvalue weighted by molar-refractivity contribution is 6.08. The maximum Gasteiger partial charge on any atom is 0.337 e. The minimum Gasteiger partial charge on any atom is -0.465 e. The highest BCUT2D eigenvalue weighted by Gasteiger charge is 2.12. The Kier molecular flexibility index (Phi) is 4.29. The van der Waals surface area contributed by atoms with Crippen molar-refractivity contribution in [3.05, 3.63) is 77.4 Å². The Hall–Kier alpha value is -3.14. The molecular weight excluding hydrogens is 302 g/mol. The summed E-state index contributed by atoms with van der Waals surface area (Å²) in [6.07, 6.45) is 0. The van der Waals surface area contributed by atoms with Crippen LogP contribution in [-0.2, 0) is 4.74 Å². The molecule has 24 heavy (non-hydrogen) atoms. The van der Waals surface area contributed by atoms with E-state index in [0.717, 1.165) is 16.3 Å². The number of carbonyl (C=O) groups excluding carboxylic acids is 2. The molecule has 0 bridgehead atoms. The van der Waals surface area contributed by atoms with Crippen molar-refractivity contribution >= 4 is 28.3 Å². The van der Waals surface area contributed by atoms with E-state index < -0.39 is 5.97 Å². The Morgan fingerprint density at radius 3 is 2.33 bits per heavy atom. The SMILES string of the molecule is COC(=O)c1ccc(NC(=O)c2ccc3ccccc3c2C)cc1. The fourth-order valence-corrected chi connectivity index (χ4v) is 2.68. The first kappa shape index (κ1) is 15.7. The standard InChI is InChI=1S/C20H17NO3/c1-13-17-6-4-3-5-14(17)9-12-18(13)19(22)21-16-10-7-15(8-11-16)20(23)24-2/h3-12H,1-2H3,(H,21,22). The first-order chi connectivity index (χ1) is 11.6. The van der Waals surface area contributed by atoms with Crippen LogP contribution in [0.25, 0.3) is 10.8 Å². The Labute approximate surface area is 140 Å². The van der Waals surface area contributed by atoms with Gasteiger partial charge in [0.2, 0.25) is 0 Å². The number of hydrogen-bond acceptors (Lipinski definition) is 3. The Bertz CT molecular complexity index is 914. The van der Waals surface area contributed by atoms with E-state index >= 15 is 0 Å². The molecule has 0 atom stereocenters. The first-order valence-electron chi connectivity index (χ1n) is 7.58. The Morgan fingerprint density at radius 1 is 0.917 bits per heavy atom. The molecule has 0 saturated heterocycles. The van der Waals surface area contributed by atoms with E-state index in [1.807, 2.05) is 43.3 Å². The topological polar surface area (TPSA) is 55.4 Å². The van der Waals surface area contributed by atoms with Gasteiger partial charge in [-0.1, -0.05) is 30.3 Å². The fraction of sp³-hybridized carbons (Fsp3) is 0.100. The van der Waals surface area contributed by atoms with Crippen LogP contribution in [0.1, 0.15) is 26.3 Å². The van der Waals surface area contributed by atoms with E-state index in [2.05, 4.69) is 10.1 Å². The van der Waals surface area contributed by atoms with E-state index in [9.17, 15) is 9.59 Å². The maximum absolute atomic E-state index is 12.6. The number of methoxy groups -OCH3 is 1. The van der Waals surface area contributed by atoms with Gasteiger partial charge in [-0.3, -0.25) is 4.79 Å². The van der Waals surface area contributed by atoms with Crippen molar-refractivity contribution in [3.8, 4) is 0 Å². The third-order valence-corrected chi connectivity index (χ3v) is 4.01. The summed E-state index contributed by atoms with van der Waals surface area (Å²) in [5.41, 5.74) is 2.64. The molecule has 0 heterocycles. The number of fused-ring (bicyclic) bond motifs is 1. The van der Waals surface area contributed by atoms with Crippen LogP contribution in [0, 0.1) is 6.92 Å². The van der Waals surface area contributed by atoms with Crippen LogP contribution in [0.15, 0.2) is 60.7 Å². The largest absolute Gasteiger partial charge is 0.465 e. The van der Waals surface area contributed by atoms with Gasteiger partial charge in [-0.25, -0.2) is 4.79 Å². The van der Waals surface area contributed by atoms with Gasteiger partial charge in [0.15, 0.2) is 0 Å². The molecule has 0 unspecified atom stereocenters. The molecule has 3 aromatic rings. The summed E-state index contributed by atoms with van der Waals surface area (Å²) in [6.45, 7) is 1.94. The average Bonchev–Trinajstić information content (AvgIpc) is 2.62. The molecule has 4 nitrogen and oxygen atoms in total. The molecule has 1 amide bonds. The summed E-state index contributed by atoms with van der Waals surface area (Å²) in [5, 5.41) is 5.02. The first-order valence-corrected chi connectivity index (χ1v) is 7.58. The summed E-state index contributed by atoms with van der Waals surface area (Å²) >= 11 is 0. The Morgan fingerprint density at radius 2 is 1.62 bits per heavy atom. The summed E-state index contributed by atoms with van der Waals surface area (Å²) in [4.78, 5) is 24.0. The number of nitrogens with one attached hydrogen (secondary N) is 1. The van der Waals surface area contributed by atoms with Crippen molar-refractivity contribution in [1.82, 2.24) is 0 Å². The molecule has 0 radical (unpaired) electrons. The van der Waals surface area contributed by atoms with Gasteiger partial charge in [0.25, 0.3) is 5.91 Å². The summed E-state index contributed by atoms with van der Waals surface area (Å²) < 4.78 is 4.66. The van der Waals surface area contributed by atoms with Crippen LogP contribution < -0.4 is 5.32 Å². The molecule has 0 aliphatic heterocycles. The van der Waals surface area contributed by atoms with E-state index in [1.165, 1.54) is 7.11 Å². The van der Waals surface area contributed by atoms with Crippen LogP contribution >= 0.6 is 0 Å². The third kappa shape index (κ3) is 2.99. The van der Waals surface area contributed by atoms with E-state index in [0.29, 0.717) is 16.8 Å². The van der Waals surface area contributed by atoms with E-state index in [-0.39, 0.29) is 5.91 Å². The van der Waals surface area contributed by atoms with Crippen molar-refractivity contribution in [2.45, 2.75) is 6.92 Å². The second-order valence-corrected chi connectivity index (χ2v) is 5.48. The van der Waals surface area contributed by atoms with E-state index in [4.69, 9.17) is 0 Å². The molecule has 4 heteroatoms. The minimum atomic E-state index is -0.404. The van der Waals surface area contributed by atoms with Gasteiger partial charge >= 0.3 is 5.97 Å². The minimum absolute atomic E-state index is 0.177. The number of ether oxygens (including phenoxy) is 1. The number of rotatable bonds is 3. The molecule has 0 fully saturated rings. The molecule has 0 saturated carbocycles. The Balaban J connectivity index is 1.85. The van der Waals surface area contributed by atoms with E-state index in [1.54, 1.807) is 24.3 Å². The molecule has 0 aliphatic rings. The second-order valence-electron chi connectivity index (χ2n) is 5.48. The number of benzene rings is 3. The molecule has 1 N–H and O–H groups in total. The monoisotopic (exact) mass is 319 g/mol. The van der Waals surface area contributed by atoms with Crippen molar-refractivity contribution in [1.29, 1.82) is 0 Å². The van der Waals surface area contributed by atoms with Crippen LogP contribution in [0.3, 0.4) is 0 Å². The van der Waals surface area contributed by atoms with Gasteiger partial charge < -0.3 is 10.1 Å². The zero-order valence-electron chi connectivity index (χ0n) is 13.5. The highest BCUT2D eigenvalue weighted by atomic mass is 16.5. The van der Waals surface area contributed by atoms with Crippen LogP contribution in [0.2, 0.25) is 0 Å². The lowest BCUT2D eigenvalue weighted by Crippen LogP contribution is -2.13. The van der Waals surface area contributed by atoms with Crippen LogP contribution in [0.4, 0.5) is 5.69 Å². The smallest absolute Gasteiger partial charge is 0.337 e. The normalized spacial score (nSPS) is 10.4. The maximum atomic E-state index is 12.6. The van der Waals surface area contributed by atoms with Gasteiger partial charge in [0.05, 0.1) is 12.7 Å². The number of hydrogen-bond donors (Lipinski definition) is 1. The number of aryl methyl sites for hydroxylation is 1. The average molecular weight is 319 g/mol. The lowest BCUT2D eigenvalue weighted by molar-refractivity contribution is 0.0600. The summed E-state index contributed by atoms with van der Waals surface area (Å²) in [6, 6.07) is 18.3. The molecule has 0 spiro atoms. The predicted octanol–water partition coefficient (Wildman–Crippen LogP) is 4.19. The quantitative estimate of drug-likeness (QED) is 0.737. The molecule has 120 valence electrons. The summed E-state index contributed by atoms with van der Waals surface area (Å²) in [5.74, 6) is -0.581. The summed E-state index contributed by atoms with van der Waals surface area (Å²) in [7, 11) is 1.33. The van der Waals surface area contributed by atoms with Crippen molar-refractivity contribution < 1.29 is 14.3 Å². The van der Waals surface area contributed by atoms with Gasteiger partial charge in [-0.15, -0.1) is 0 Å². The number of esters is 1. The molecular formula is C20H17NO3. The number of carbonyl (C=O) groups is 2. The fourth-order valence-electron chi connectivity index (χ4n) is 2.68. The number of anilines is 1. The highest BCUT2D eigenvalue weighted by Crippen LogP contribution is 2.22. The molecule has 0 aromatic heterocycles. The molecule has 0 aliphatic carbocycles. The molecule has 3 rings (SSSR count). The lowest BCUT2D eigenvalue weighted by atomic mass is 9.99. The van der Waals surface area contributed by atoms with Gasteiger partial charge in [0, 0.05) is 11.3 Å². The van der Waals surface area contributed by atoms with Crippen molar-refractivity contribution in [2.24, 2.45) is 0 Å². The zero-order valence-corrected chi connectivity index (χ0v) is 13.5. The van der Waals surface area contributed by atoms with Gasteiger partial charge in [-0.05, 0) is 53.6 Å². The van der Waals surface area contributed by atoms with Gasteiger partial charge in [0.1, 0.15) is 0 Å².